The molecule has 0 radical (unpaired) electrons. The highest BCUT2D eigenvalue weighted by molar-refractivity contribution is 6.01. The molecule has 3 aliphatic rings. The van der Waals surface area contributed by atoms with E-state index < -0.39 is 29.6 Å². The lowest BCUT2D eigenvalue weighted by Gasteiger charge is -2.44. The molecule has 1 heterocycles. The Kier molecular flexibility index (Phi) is 11.0. The van der Waals surface area contributed by atoms with Crippen molar-refractivity contribution in [2.75, 3.05) is 26.9 Å². The maximum absolute atomic E-state index is 12.4. The van der Waals surface area contributed by atoms with Crippen molar-refractivity contribution in [1.29, 1.82) is 0 Å². The number of ether oxygens (including phenoxy) is 3. The normalized spacial score (nSPS) is 24.2. The van der Waals surface area contributed by atoms with Crippen LogP contribution in [0.2, 0.25) is 0 Å². The molecule has 2 saturated carbocycles. The Labute approximate surface area is 218 Å². The second-order valence-corrected chi connectivity index (χ2v) is 10.6. The number of rotatable bonds is 9. The molecule has 37 heavy (non-hydrogen) atoms. The van der Waals surface area contributed by atoms with Crippen LogP contribution in [0.4, 0.5) is 9.59 Å². The molecule has 1 saturated heterocycles. The standard InChI is InChI=1S/C26H42N4O7/c1-26(20(21(31)35-2)28-22(26)32)14-9-15-27-23(29-24(33)36-16-18-10-5-3-6-11-18)30-25(34)37-17-19-12-7-4-8-13-19/h18-20H,3-17H2,1-2H3,(H,28,32)(H2,27,29,30,33,34)/t20?,26-/m0/s1. The average Bonchev–Trinajstić information content (AvgIpc) is 2.92. The predicted octanol–water partition coefficient (Wildman–Crippen LogP) is 3.41. The van der Waals surface area contributed by atoms with Crippen LogP contribution in [0.15, 0.2) is 4.99 Å². The van der Waals surface area contributed by atoms with E-state index in [2.05, 4.69) is 20.9 Å². The summed E-state index contributed by atoms with van der Waals surface area (Å²) in [5.74, 6) is -0.0668. The zero-order valence-corrected chi connectivity index (χ0v) is 22.1. The van der Waals surface area contributed by atoms with Crippen LogP contribution in [0.1, 0.15) is 84.0 Å². The zero-order chi connectivity index (χ0) is 26.7. The van der Waals surface area contributed by atoms with Gasteiger partial charge in [0.2, 0.25) is 11.9 Å². The minimum Gasteiger partial charge on any atom is -0.467 e. The monoisotopic (exact) mass is 522 g/mol. The van der Waals surface area contributed by atoms with E-state index in [1.54, 1.807) is 6.92 Å². The highest BCUT2D eigenvalue weighted by atomic mass is 16.6. The third-order valence-corrected chi connectivity index (χ3v) is 7.78. The minimum absolute atomic E-state index is 0.0602. The van der Waals surface area contributed by atoms with Gasteiger partial charge >= 0.3 is 18.2 Å². The van der Waals surface area contributed by atoms with Crippen molar-refractivity contribution in [3.8, 4) is 0 Å². The van der Waals surface area contributed by atoms with Crippen LogP contribution in [0.5, 0.6) is 0 Å². The summed E-state index contributed by atoms with van der Waals surface area (Å²) in [6, 6.07) is -0.700. The molecule has 0 aromatic rings. The molecule has 2 aliphatic carbocycles. The summed E-state index contributed by atoms with van der Waals surface area (Å²) in [6.45, 7) is 2.57. The van der Waals surface area contributed by atoms with Gasteiger partial charge in [-0.05, 0) is 57.3 Å². The number of methoxy groups -OCH3 is 1. The molecule has 0 aromatic heterocycles. The van der Waals surface area contributed by atoms with Gasteiger partial charge in [-0.3, -0.25) is 20.4 Å². The van der Waals surface area contributed by atoms with Gasteiger partial charge in [0, 0.05) is 6.54 Å². The van der Waals surface area contributed by atoms with Crippen LogP contribution in [0, 0.1) is 17.3 Å². The first-order valence-electron chi connectivity index (χ1n) is 13.6. The number of hydrogen-bond acceptors (Lipinski definition) is 8. The third kappa shape index (κ3) is 8.60. The average molecular weight is 523 g/mol. The fourth-order valence-electron chi connectivity index (χ4n) is 5.31. The number of esters is 1. The topological polar surface area (TPSA) is 144 Å². The van der Waals surface area contributed by atoms with Gasteiger partial charge in [0.1, 0.15) is 6.04 Å². The maximum atomic E-state index is 12.4. The Balaban J connectivity index is 1.51. The number of nitrogens with zero attached hydrogens (tertiary/aromatic N) is 1. The molecule has 1 aliphatic heterocycles. The fraction of sp³-hybridized carbons (Fsp3) is 0.808. The zero-order valence-electron chi connectivity index (χ0n) is 22.1. The first-order chi connectivity index (χ1) is 17.8. The molecule has 3 fully saturated rings. The summed E-state index contributed by atoms with van der Waals surface area (Å²) >= 11 is 0. The van der Waals surface area contributed by atoms with Crippen LogP contribution in [-0.4, -0.2) is 62.9 Å². The number of carbonyl (C=O) groups is 4. The molecule has 3 N–H and O–H groups in total. The lowest BCUT2D eigenvalue weighted by molar-refractivity contribution is -0.163. The van der Waals surface area contributed by atoms with Crippen molar-refractivity contribution in [3.63, 3.8) is 0 Å². The number of carbonyl (C=O) groups excluding carboxylic acids is 4. The molecule has 0 spiro atoms. The molecule has 2 atom stereocenters. The number of guanidine groups is 1. The van der Waals surface area contributed by atoms with E-state index in [0.717, 1.165) is 51.4 Å². The molecule has 11 heteroatoms. The van der Waals surface area contributed by atoms with Crippen LogP contribution < -0.4 is 16.0 Å². The number of amides is 3. The molecule has 3 amide bonds. The van der Waals surface area contributed by atoms with E-state index in [1.807, 2.05) is 0 Å². The molecule has 0 bridgehead atoms. The summed E-state index contributed by atoms with van der Waals surface area (Å²) in [4.78, 5) is 53.2. The van der Waals surface area contributed by atoms with Crippen molar-refractivity contribution >= 4 is 30.0 Å². The van der Waals surface area contributed by atoms with Crippen LogP contribution in [0.3, 0.4) is 0 Å². The fourth-order valence-corrected chi connectivity index (χ4v) is 5.31. The van der Waals surface area contributed by atoms with E-state index in [0.29, 0.717) is 37.9 Å². The SMILES string of the molecule is COC(=O)C1NC(=O)[C@@]1(C)CCCN=C(NC(=O)OCC1CCCCC1)NC(=O)OCC1CCCCC1. The van der Waals surface area contributed by atoms with E-state index in [4.69, 9.17) is 14.2 Å². The number of alkyl carbamates (subject to hydrolysis) is 2. The number of β-lactam (4-membered cyclic amide) rings is 1. The van der Waals surface area contributed by atoms with Crippen molar-refractivity contribution in [2.24, 2.45) is 22.2 Å². The van der Waals surface area contributed by atoms with Crippen molar-refractivity contribution in [1.82, 2.24) is 16.0 Å². The van der Waals surface area contributed by atoms with Gasteiger partial charge in [-0.2, -0.15) is 0 Å². The van der Waals surface area contributed by atoms with Gasteiger partial charge in [0.05, 0.1) is 25.7 Å². The van der Waals surface area contributed by atoms with Crippen molar-refractivity contribution < 1.29 is 33.4 Å². The lowest BCUT2D eigenvalue weighted by atomic mass is 9.71. The van der Waals surface area contributed by atoms with Gasteiger partial charge < -0.3 is 19.5 Å². The molecule has 1 unspecified atom stereocenters. The molecule has 11 nitrogen and oxygen atoms in total. The molecule has 208 valence electrons. The first kappa shape index (κ1) is 28.7. The number of hydrogen-bond donors (Lipinski definition) is 3. The Morgan fingerprint density at radius 2 is 1.43 bits per heavy atom. The Bertz CT molecular complexity index is 799. The first-order valence-corrected chi connectivity index (χ1v) is 13.6. The summed E-state index contributed by atoms with van der Waals surface area (Å²) in [6.07, 6.45) is 10.6. The van der Waals surface area contributed by atoms with E-state index in [9.17, 15) is 19.2 Å². The molecule has 0 aromatic carbocycles. The second-order valence-electron chi connectivity index (χ2n) is 10.6. The highest BCUT2D eigenvalue weighted by Crippen LogP contribution is 2.36. The Morgan fingerprint density at radius 1 is 0.919 bits per heavy atom. The van der Waals surface area contributed by atoms with Gasteiger partial charge in [-0.15, -0.1) is 0 Å². The predicted molar refractivity (Wildman–Crippen MR) is 136 cm³/mol. The molecule has 3 rings (SSSR count). The molecular formula is C26H42N4O7. The summed E-state index contributed by atoms with van der Waals surface area (Å²) in [5.41, 5.74) is -0.887. The largest absolute Gasteiger partial charge is 0.467 e. The van der Waals surface area contributed by atoms with E-state index >= 15 is 0 Å². The lowest BCUT2D eigenvalue weighted by Crippen LogP contribution is -2.69. The van der Waals surface area contributed by atoms with Crippen molar-refractivity contribution in [3.05, 3.63) is 0 Å². The third-order valence-electron chi connectivity index (χ3n) is 7.78. The van der Waals surface area contributed by atoms with Gasteiger partial charge in [0.15, 0.2) is 0 Å². The quantitative estimate of drug-likeness (QED) is 0.105. The van der Waals surface area contributed by atoms with E-state index in [-0.39, 0.29) is 18.4 Å². The molecular weight excluding hydrogens is 480 g/mol. The highest BCUT2D eigenvalue weighted by Gasteiger charge is 2.55. The van der Waals surface area contributed by atoms with E-state index in [1.165, 1.54) is 20.0 Å². The summed E-state index contributed by atoms with van der Waals surface area (Å²) in [5, 5.41) is 7.61. The van der Waals surface area contributed by atoms with Gasteiger partial charge in [-0.25, -0.2) is 14.4 Å². The Hall–Kier alpha value is -2.85. The second kappa shape index (κ2) is 14.2. The summed E-state index contributed by atoms with van der Waals surface area (Å²) in [7, 11) is 1.28. The smallest absolute Gasteiger partial charge is 0.413 e. The van der Waals surface area contributed by atoms with Crippen LogP contribution >= 0.6 is 0 Å². The maximum Gasteiger partial charge on any atom is 0.413 e. The summed E-state index contributed by atoms with van der Waals surface area (Å²) < 4.78 is 15.5. The Morgan fingerprint density at radius 3 is 1.89 bits per heavy atom. The van der Waals surface area contributed by atoms with Crippen LogP contribution in [-0.2, 0) is 23.8 Å². The number of nitrogens with one attached hydrogen (secondary N) is 3. The van der Waals surface area contributed by atoms with Gasteiger partial charge in [0.25, 0.3) is 0 Å². The minimum atomic E-state index is -0.887. The number of aliphatic imine (C=N–C) groups is 1. The van der Waals surface area contributed by atoms with Gasteiger partial charge in [-0.1, -0.05) is 38.5 Å². The van der Waals surface area contributed by atoms with Crippen molar-refractivity contribution in [2.45, 2.75) is 90.0 Å². The van der Waals surface area contributed by atoms with Crippen LogP contribution in [0.25, 0.3) is 0 Å².